The molecule has 1 aliphatic carbocycles. The molecule has 6 heteroatoms. The van der Waals surface area contributed by atoms with Crippen molar-refractivity contribution < 1.29 is 13.5 Å². The molecule has 1 aromatic rings. The summed E-state index contributed by atoms with van der Waals surface area (Å²) in [5, 5.41) is 9.28. The maximum absolute atomic E-state index is 12.5. The fraction of sp³-hybridized carbons (Fsp3) is 0.733. The van der Waals surface area contributed by atoms with Gasteiger partial charge in [-0.25, -0.2) is 13.1 Å². The third-order valence-corrected chi connectivity index (χ3v) is 6.18. The molecule has 21 heavy (non-hydrogen) atoms. The molecule has 0 saturated heterocycles. The molecule has 3 unspecified atom stereocenters. The van der Waals surface area contributed by atoms with E-state index in [0.29, 0.717) is 24.1 Å². The maximum atomic E-state index is 12.5. The van der Waals surface area contributed by atoms with Crippen molar-refractivity contribution in [1.82, 2.24) is 9.29 Å². The van der Waals surface area contributed by atoms with Crippen LogP contribution in [0.15, 0.2) is 17.2 Å². The van der Waals surface area contributed by atoms with Crippen LogP contribution in [0.1, 0.15) is 45.7 Å². The summed E-state index contributed by atoms with van der Waals surface area (Å²) in [6.07, 6.45) is 4.45. The lowest BCUT2D eigenvalue weighted by Crippen LogP contribution is -2.39. The lowest BCUT2D eigenvalue weighted by atomic mass is 9.79. The fourth-order valence-corrected chi connectivity index (χ4v) is 4.39. The molecule has 2 rings (SSSR count). The second kappa shape index (κ2) is 6.50. The molecule has 0 spiro atoms. The average molecular weight is 314 g/mol. The van der Waals surface area contributed by atoms with Gasteiger partial charge in [-0.3, -0.25) is 0 Å². The largest absolute Gasteiger partial charge is 0.390 e. The Balaban J connectivity index is 2.13. The molecular weight excluding hydrogens is 288 g/mol. The zero-order valence-corrected chi connectivity index (χ0v) is 13.9. The first-order valence-corrected chi connectivity index (χ1v) is 9.18. The summed E-state index contributed by atoms with van der Waals surface area (Å²) in [5.41, 5.74) is 0.628. The molecule has 0 aromatic carbocycles. The normalized spacial score (nSPS) is 27.0. The van der Waals surface area contributed by atoms with Crippen molar-refractivity contribution in [3.05, 3.63) is 18.0 Å². The van der Waals surface area contributed by atoms with Crippen LogP contribution in [0.4, 0.5) is 0 Å². The van der Waals surface area contributed by atoms with Crippen LogP contribution in [0.25, 0.3) is 0 Å². The van der Waals surface area contributed by atoms with E-state index in [1.165, 1.54) is 0 Å². The SMILES string of the molecule is CCn1cc(S(=O)(=O)NC2CCC(C)C(C)C2)cc1CO. The molecule has 0 amide bonds. The highest BCUT2D eigenvalue weighted by Crippen LogP contribution is 2.30. The summed E-state index contributed by atoms with van der Waals surface area (Å²) >= 11 is 0. The topological polar surface area (TPSA) is 71.3 Å². The van der Waals surface area contributed by atoms with Crippen molar-refractivity contribution in [2.75, 3.05) is 0 Å². The number of aliphatic hydroxyl groups excluding tert-OH is 1. The van der Waals surface area contributed by atoms with Crippen LogP contribution < -0.4 is 4.72 Å². The summed E-state index contributed by atoms with van der Waals surface area (Å²) < 4.78 is 29.6. The van der Waals surface area contributed by atoms with Crippen molar-refractivity contribution in [1.29, 1.82) is 0 Å². The molecule has 2 N–H and O–H groups in total. The van der Waals surface area contributed by atoms with Gasteiger partial charge in [-0.15, -0.1) is 0 Å². The van der Waals surface area contributed by atoms with Gasteiger partial charge in [0.2, 0.25) is 10.0 Å². The quantitative estimate of drug-likeness (QED) is 0.874. The summed E-state index contributed by atoms with van der Waals surface area (Å²) in [4.78, 5) is 0.250. The molecule has 0 aliphatic heterocycles. The standard InChI is InChI=1S/C15H26N2O3S/c1-4-17-9-15(8-14(17)10-18)21(19,20)16-13-6-5-11(2)12(3)7-13/h8-9,11-13,16,18H,4-7,10H2,1-3H3. The van der Waals surface area contributed by atoms with E-state index in [4.69, 9.17) is 0 Å². The van der Waals surface area contributed by atoms with Crippen LogP contribution in [0.5, 0.6) is 0 Å². The number of sulfonamides is 1. The Labute approximate surface area is 127 Å². The Bertz CT molecular complexity index is 558. The molecule has 3 atom stereocenters. The lowest BCUT2D eigenvalue weighted by Gasteiger charge is -2.32. The van der Waals surface area contributed by atoms with Gasteiger partial charge < -0.3 is 9.67 Å². The van der Waals surface area contributed by atoms with Crippen molar-refractivity contribution in [3.8, 4) is 0 Å². The zero-order valence-electron chi connectivity index (χ0n) is 13.0. The van der Waals surface area contributed by atoms with E-state index in [9.17, 15) is 13.5 Å². The predicted molar refractivity (Wildman–Crippen MR) is 82.3 cm³/mol. The molecule has 5 nitrogen and oxygen atoms in total. The van der Waals surface area contributed by atoms with Crippen LogP contribution in [0.2, 0.25) is 0 Å². The number of hydrogen-bond donors (Lipinski definition) is 2. The van der Waals surface area contributed by atoms with Crippen LogP contribution in [0, 0.1) is 11.8 Å². The highest BCUT2D eigenvalue weighted by molar-refractivity contribution is 7.89. The number of aryl methyl sites for hydroxylation is 1. The predicted octanol–water partition coefficient (Wildman–Crippen LogP) is 2.10. The van der Waals surface area contributed by atoms with E-state index in [-0.39, 0.29) is 17.5 Å². The number of rotatable bonds is 5. The van der Waals surface area contributed by atoms with E-state index in [2.05, 4.69) is 18.6 Å². The van der Waals surface area contributed by atoms with Gasteiger partial charge in [-0.1, -0.05) is 13.8 Å². The summed E-state index contributed by atoms with van der Waals surface area (Å²) in [5.74, 6) is 1.20. The highest BCUT2D eigenvalue weighted by atomic mass is 32.2. The Kier molecular flexibility index (Phi) is 5.11. The Hall–Kier alpha value is -0.850. The highest BCUT2D eigenvalue weighted by Gasteiger charge is 2.28. The van der Waals surface area contributed by atoms with Gasteiger partial charge in [0.1, 0.15) is 0 Å². The van der Waals surface area contributed by atoms with Crippen molar-refractivity contribution in [2.24, 2.45) is 11.8 Å². The van der Waals surface area contributed by atoms with Gasteiger partial charge in [0.15, 0.2) is 0 Å². The average Bonchev–Trinajstić information content (AvgIpc) is 2.86. The fourth-order valence-electron chi connectivity index (χ4n) is 3.04. The zero-order chi connectivity index (χ0) is 15.6. The van der Waals surface area contributed by atoms with Gasteiger partial charge in [0.05, 0.1) is 11.5 Å². The molecule has 1 fully saturated rings. The van der Waals surface area contributed by atoms with Crippen LogP contribution >= 0.6 is 0 Å². The van der Waals surface area contributed by atoms with Gasteiger partial charge in [-0.2, -0.15) is 0 Å². The number of nitrogens with one attached hydrogen (secondary N) is 1. The summed E-state index contributed by atoms with van der Waals surface area (Å²) in [6, 6.07) is 1.57. The first-order chi connectivity index (χ1) is 9.87. The monoisotopic (exact) mass is 314 g/mol. The molecule has 1 heterocycles. The second-order valence-electron chi connectivity index (χ2n) is 6.20. The minimum absolute atomic E-state index is 0.0174. The summed E-state index contributed by atoms with van der Waals surface area (Å²) in [6.45, 7) is 6.82. The minimum Gasteiger partial charge on any atom is -0.390 e. The summed E-state index contributed by atoms with van der Waals surface area (Å²) in [7, 11) is -3.50. The van der Waals surface area contributed by atoms with E-state index in [1.807, 2.05) is 6.92 Å². The maximum Gasteiger partial charge on any atom is 0.242 e. The van der Waals surface area contributed by atoms with E-state index in [1.54, 1.807) is 16.8 Å². The third-order valence-electron chi connectivity index (χ3n) is 4.69. The van der Waals surface area contributed by atoms with Gasteiger partial charge in [0.25, 0.3) is 0 Å². The number of aromatic nitrogens is 1. The van der Waals surface area contributed by atoms with Crippen molar-refractivity contribution in [3.63, 3.8) is 0 Å². The van der Waals surface area contributed by atoms with E-state index < -0.39 is 10.0 Å². The lowest BCUT2D eigenvalue weighted by molar-refractivity contribution is 0.242. The van der Waals surface area contributed by atoms with Gasteiger partial charge >= 0.3 is 0 Å². The number of nitrogens with zero attached hydrogens (tertiary/aromatic N) is 1. The number of hydrogen-bond acceptors (Lipinski definition) is 3. The van der Waals surface area contributed by atoms with Crippen LogP contribution in [0.3, 0.4) is 0 Å². The van der Waals surface area contributed by atoms with Crippen LogP contribution in [-0.4, -0.2) is 24.1 Å². The van der Waals surface area contributed by atoms with Crippen molar-refractivity contribution >= 4 is 10.0 Å². The Morgan fingerprint density at radius 1 is 1.33 bits per heavy atom. The van der Waals surface area contributed by atoms with E-state index in [0.717, 1.165) is 19.3 Å². The molecule has 120 valence electrons. The van der Waals surface area contributed by atoms with E-state index >= 15 is 0 Å². The molecule has 1 aromatic heterocycles. The Morgan fingerprint density at radius 2 is 2.05 bits per heavy atom. The van der Waals surface area contributed by atoms with Crippen LogP contribution in [-0.2, 0) is 23.2 Å². The molecule has 0 bridgehead atoms. The molecule has 1 aliphatic rings. The molecule has 1 saturated carbocycles. The molecular formula is C15H26N2O3S. The Morgan fingerprint density at radius 3 is 2.57 bits per heavy atom. The number of aliphatic hydroxyl groups is 1. The van der Waals surface area contributed by atoms with Gasteiger partial charge in [-0.05, 0) is 44.1 Å². The first-order valence-electron chi connectivity index (χ1n) is 7.69. The molecule has 0 radical (unpaired) electrons. The smallest absolute Gasteiger partial charge is 0.242 e. The third kappa shape index (κ3) is 3.67. The van der Waals surface area contributed by atoms with Gasteiger partial charge in [0, 0.05) is 24.5 Å². The van der Waals surface area contributed by atoms with Crippen molar-refractivity contribution in [2.45, 2.75) is 64.1 Å². The first kappa shape index (κ1) is 16.5. The minimum atomic E-state index is -3.50. The second-order valence-corrected chi connectivity index (χ2v) is 7.91.